The molecular formula is C9H11BrN2O2. The molecule has 1 aliphatic heterocycles. The first-order valence-corrected chi connectivity index (χ1v) is 5.26. The van der Waals surface area contributed by atoms with E-state index < -0.39 is 0 Å². The molecule has 0 aliphatic carbocycles. The van der Waals surface area contributed by atoms with Crippen LogP contribution in [0.5, 0.6) is 0 Å². The predicted octanol–water partition coefficient (Wildman–Crippen LogP) is 1.32. The number of furan rings is 1. The molecule has 0 radical (unpaired) electrons. The Morgan fingerprint density at radius 3 is 3.00 bits per heavy atom. The molecule has 2 heterocycles. The SMILES string of the molecule is NC1CCC(=O)NC1c1ccc(Br)o1. The summed E-state index contributed by atoms with van der Waals surface area (Å²) >= 11 is 3.21. The van der Waals surface area contributed by atoms with Crippen molar-refractivity contribution in [3.8, 4) is 0 Å². The maximum Gasteiger partial charge on any atom is 0.220 e. The zero-order chi connectivity index (χ0) is 10.1. The van der Waals surface area contributed by atoms with E-state index in [0.29, 0.717) is 23.3 Å². The number of carbonyl (C=O) groups is 1. The van der Waals surface area contributed by atoms with Crippen LogP contribution in [0.25, 0.3) is 0 Å². The summed E-state index contributed by atoms with van der Waals surface area (Å²) in [5.74, 6) is 0.738. The number of piperidine rings is 1. The van der Waals surface area contributed by atoms with E-state index in [0.717, 1.165) is 0 Å². The first-order chi connectivity index (χ1) is 6.66. The minimum absolute atomic E-state index is 0.0317. The van der Waals surface area contributed by atoms with E-state index in [1.165, 1.54) is 0 Å². The Hall–Kier alpha value is -0.810. The van der Waals surface area contributed by atoms with Crippen LogP contribution in [0.2, 0.25) is 0 Å². The van der Waals surface area contributed by atoms with Crippen molar-refractivity contribution in [2.45, 2.75) is 24.9 Å². The van der Waals surface area contributed by atoms with Gasteiger partial charge in [-0.2, -0.15) is 0 Å². The van der Waals surface area contributed by atoms with Crippen LogP contribution >= 0.6 is 15.9 Å². The minimum atomic E-state index is -0.192. The number of nitrogens with one attached hydrogen (secondary N) is 1. The lowest BCUT2D eigenvalue weighted by molar-refractivity contribution is -0.123. The average Bonchev–Trinajstić information content (AvgIpc) is 2.56. The zero-order valence-corrected chi connectivity index (χ0v) is 9.08. The van der Waals surface area contributed by atoms with Crippen molar-refractivity contribution in [3.63, 3.8) is 0 Å². The highest BCUT2D eigenvalue weighted by Gasteiger charge is 2.29. The third kappa shape index (κ3) is 1.83. The third-order valence-electron chi connectivity index (χ3n) is 2.35. The zero-order valence-electron chi connectivity index (χ0n) is 7.50. The van der Waals surface area contributed by atoms with Gasteiger partial charge in [-0.1, -0.05) is 0 Å². The third-order valence-corrected chi connectivity index (χ3v) is 2.78. The van der Waals surface area contributed by atoms with Gasteiger partial charge in [-0.05, 0) is 34.5 Å². The molecule has 2 unspecified atom stereocenters. The fraction of sp³-hybridized carbons (Fsp3) is 0.444. The lowest BCUT2D eigenvalue weighted by Gasteiger charge is -2.27. The van der Waals surface area contributed by atoms with Crippen LogP contribution in [-0.4, -0.2) is 11.9 Å². The van der Waals surface area contributed by atoms with Gasteiger partial charge >= 0.3 is 0 Å². The van der Waals surface area contributed by atoms with Gasteiger partial charge in [0.05, 0.1) is 0 Å². The first-order valence-electron chi connectivity index (χ1n) is 4.47. The lowest BCUT2D eigenvalue weighted by atomic mass is 9.97. The summed E-state index contributed by atoms with van der Waals surface area (Å²) in [6, 6.07) is 3.36. The van der Waals surface area contributed by atoms with Crippen LogP contribution in [0, 0.1) is 0 Å². The van der Waals surface area contributed by atoms with Crippen molar-refractivity contribution in [3.05, 3.63) is 22.6 Å². The fourth-order valence-corrected chi connectivity index (χ4v) is 1.91. The normalized spacial score (nSPS) is 27.4. The van der Waals surface area contributed by atoms with Gasteiger partial charge in [-0.15, -0.1) is 0 Å². The molecule has 3 N–H and O–H groups in total. The topological polar surface area (TPSA) is 68.3 Å². The maximum absolute atomic E-state index is 11.2. The van der Waals surface area contributed by atoms with E-state index in [9.17, 15) is 4.79 Å². The molecule has 76 valence electrons. The Bertz CT molecular complexity index is 350. The molecule has 1 aromatic heterocycles. The van der Waals surface area contributed by atoms with Crippen molar-refractivity contribution in [1.82, 2.24) is 5.32 Å². The highest BCUT2D eigenvalue weighted by Crippen LogP contribution is 2.26. The van der Waals surface area contributed by atoms with E-state index >= 15 is 0 Å². The standard InChI is InChI=1S/C9H11BrN2O2/c10-7-3-2-6(14-7)9-5(11)1-4-8(13)12-9/h2-3,5,9H,1,4,11H2,(H,12,13). The second kappa shape index (κ2) is 3.74. The Morgan fingerprint density at radius 2 is 2.36 bits per heavy atom. The Morgan fingerprint density at radius 1 is 1.57 bits per heavy atom. The molecule has 0 spiro atoms. The van der Waals surface area contributed by atoms with Crippen LogP contribution in [0.1, 0.15) is 24.6 Å². The highest BCUT2D eigenvalue weighted by molar-refractivity contribution is 9.10. The number of amides is 1. The van der Waals surface area contributed by atoms with Crippen LogP contribution in [0.15, 0.2) is 21.2 Å². The molecule has 5 heteroatoms. The number of halogens is 1. The van der Waals surface area contributed by atoms with Crippen LogP contribution in [-0.2, 0) is 4.79 Å². The van der Waals surface area contributed by atoms with Gasteiger partial charge in [0.1, 0.15) is 11.8 Å². The van der Waals surface area contributed by atoms with E-state index in [2.05, 4.69) is 21.2 Å². The monoisotopic (exact) mass is 258 g/mol. The molecule has 0 saturated carbocycles. The molecule has 1 aromatic rings. The summed E-state index contributed by atoms with van der Waals surface area (Å²) in [6.45, 7) is 0. The molecule has 4 nitrogen and oxygen atoms in total. The fourth-order valence-electron chi connectivity index (χ4n) is 1.59. The number of hydrogen-bond donors (Lipinski definition) is 2. The molecule has 2 rings (SSSR count). The molecule has 1 aliphatic rings. The number of rotatable bonds is 1. The van der Waals surface area contributed by atoms with Crippen LogP contribution < -0.4 is 11.1 Å². The number of carbonyl (C=O) groups excluding carboxylic acids is 1. The Labute approximate surface area is 90.0 Å². The van der Waals surface area contributed by atoms with Gasteiger partial charge < -0.3 is 15.5 Å². The molecule has 2 atom stereocenters. The van der Waals surface area contributed by atoms with Gasteiger partial charge in [0.2, 0.25) is 5.91 Å². The van der Waals surface area contributed by atoms with Crippen molar-refractivity contribution in [1.29, 1.82) is 0 Å². The molecule has 0 bridgehead atoms. The second-order valence-corrected chi connectivity index (χ2v) is 4.17. The minimum Gasteiger partial charge on any atom is -0.452 e. The largest absolute Gasteiger partial charge is 0.452 e. The first kappa shape index (κ1) is 9.73. The number of nitrogens with two attached hydrogens (primary N) is 1. The molecule has 1 fully saturated rings. The van der Waals surface area contributed by atoms with E-state index in [4.69, 9.17) is 10.2 Å². The van der Waals surface area contributed by atoms with Crippen LogP contribution in [0.3, 0.4) is 0 Å². The summed E-state index contributed by atoms with van der Waals surface area (Å²) in [4.78, 5) is 11.2. The van der Waals surface area contributed by atoms with Crippen molar-refractivity contribution >= 4 is 21.8 Å². The molecule has 1 saturated heterocycles. The maximum atomic E-state index is 11.2. The summed E-state index contributed by atoms with van der Waals surface area (Å²) in [5.41, 5.74) is 5.89. The van der Waals surface area contributed by atoms with E-state index in [1.807, 2.05) is 6.07 Å². The lowest BCUT2D eigenvalue weighted by Crippen LogP contribution is -2.45. The summed E-state index contributed by atoms with van der Waals surface area (Å²) < 4.78 is 6.02. The summed E-state index contributed by atoms with van der Waals surface area (Å²) in [7, 11) is 0. The highest BCUT2D eigenvalue weighted by atomic mass is 79.9. The van der Waals surface area contributed by atoms with E-state index in [1.54, 1.807) is 6.07 Å². The predicted molar refractivity (Wildman–Crippen MR) is 54.5 cm³/mol. The quantitative estimate of drug-likeness (QED) is 0.799. The average molecular weight is 259 g/mol. The van der Waals surface area contributed by atoms with Crippen molar-refractivity contribution in [2.75, 3.05) is 0 Å². The van der Waals surface area contributed by atoms with Gasteiger partial charge in [0, 0.05) is 12.5 Å². The van der Waals surface area contributed by atoms with Gasteiger partial charge in [-0.25, -0.2) is 0 Å². The molecule has 1 amide bonds. The van der Waals surface area contributed by atoms with Crippen LogP contribution in [0.4, 0.5) is 0 Å². The van der Waals surface area contributed by atoms with Gasteiger partial charge in [-0.3, -0.25) is 4.79 Å². The smallest absolute Gasteiger partial charge is 0.220 e. The van der Waals surface area contributed by atoms with Gasteiger partial charge in [0.25, 0.3) is 0 Å². The Balaban J connectivity index is 2.19. The second-order valence-electron chi connectivity index (χ2n) is 3.39. The van der Waals surface area contributed by atoms with Gasteiger partial charge in [0.15, 0.2) is 4.67 Å². The molecule has 0 aromatic carbocycles. The summed E-state index contributed by atoms with van der Waals surface area (Å²) in [5, 5.41) is 2.82. The summed E-state index contributed by atoms with van der Waals surface area (Å²) in [6.07, 6.45) is 1.20. The number of hydrogen-bond acceptors (Lipinski definition) is 3. The van der Waals surface area contributed by atoms with Crippen molar-refractivity contribution in [2.24, 2.45) is 5.73 Å². The molecular weight excluding hydrogens is 248 g/mol. The van der Waals surface area contributed by atoms with E-state index in [-0.39, 0.29) is 18.0 Å². The van der Waals surface area contributed by atoms with Crippen molar-refractivity contribution < 1.29 is 9.21 Å². The molecule has 14 heavy (non-hydrogen) atoms. The Kier molecular flexibility index (Phi) is 2.60.